The third kappa shape index (κ3) is 3.09. The fourth-order valence-corrected chi connectivity index (χ4v) is 1.35. The van der Waals surface area contributed by atoms with E-state index in [2.05, 4.69) is 20.2 Å². The van der Waals surface area contributed by atoms with E-state index >= 15 is 0 Å². The van der Waals surface area contributed by atoms with Crippen molar-refractivity contribution >= 4 is 0 Å². The molecule has 0 spiro atoms. The van der Waals surface area contributed by atoms with Crippen LogP contribution in [0.1, 0.15) is 17.9 Å². The molecule has 76 valence electrons. The maximum absolute atomic E-state index is 4.16. The van der Waals surface area contributed by atoms with Crippen LogP contribution in [0, 0.1) is 0 Å². The summed E-state index contributed by atoms with van der Waals surface area (Å²) >= 11 is 0. The molecule has 0 bridgehead atoms. The summed E-state index contributed by atoms with van der Waals surface area (Å²) in [6.07, 6.45) is 8.03. The Kier molecular flexibility index (Phi) is 3.33. The SMILES string of the molecule is c1cnc(CCCc2cccnn2)nc1. The highest BCUT2D eigenvalue weighted by Crippen LogP contribution is 2.01. The molecule has 0 saturated heterocycles. The lowest BCUT2D eigenvalue weighted by atomic mass is 10.2. The lowest BCUT2D eigenvalue weighted by molar-refractivity contribution is 0.744. The van der Waals surface area contributed by atoms with Gasteiger partial charge < -0.3 is 0 Å². The zero-order valence-electron chi connectivity index (χ0n) is 8.37. The second-order valence-corrected chi connectivity index (χ2v) is 3.23. The predicted molar refractivity (Wildman–Crippen MR) is 56.1 cm³/mol. The van der Waals surface area contributed by atoms with E-state index in [0.29, 0.717) is 0 Å². The molecule has 0 aromatic carbocycles. The molecule has 0 unspecified atom stereocenters. The Morgan fingerprint density at radius 2 is 1.80 bits per heavy atom. The molecule has 4 nitrogen and oxygen atoms in total. The highest BCUT2D eigenvalue weighted by Gasteiger charge is 1.97. The Morgan fingerprint density at radius 3 is 2.53 bits per heavy atom. The summed E-state index contributed by atoms with van der Waals surface area (Å²) in [5, 5.41) is 7.85. The van der Waals surface area contributed by atoms with E-state index in [-0.39, 0.29) is 0 Å². The van der Waals surface area contributed by atoms with Crippen LogP contribution in [-0.2, 0) is 12.8 Å². The summed E-state index contributed by atoms with van der Waals surface area (Å²) in [6, 6.07) is 5.71. The molecular formula is C11H12N4. The summed E-state index contributed by atoms with van der Waals surface area (Å²) in [6.45, 7) is 0. The van der Waals surface area contributed by atoms with Crippen molar-refractivity contribution in [3.8, 4) is 0 Å². The van der Waals surface area contributed by atoms with Gasteiger partial charge in [-0.05, 0) is 31.0 Å². The zero-order chi connectivity index (χ0) is 10.3. The number of rotatable bonds is 4. The minimum atomic E-state index is 0.886. The molecule has 15 heavy (non-hydrogen) atoms. The monoisotopic (exact) mass is 200 g/mol. The zero-order valence-corrected chi connectivity index (χ0v) is 8.37. The highest BCUT2D eigenvalue weighted by atomic mass is 15.1. The Bertz CT molecular complexity index is 348. The van der Waals surface area contributed by atoms with Gasteiger partial charge >= 0.3 is 0 Å². The van der Waals surface area contributed by atoms with Crippen LogP contribution >= 0.6 is 0 Å². The molecule has 2 rings (SSSR count). The fraction of sp³-hybridized carbons (Fsp3) is 0.273. The lowest BCUT2D eigenvalue weighted by Gasteiger charge is -1.98. The van der Waals surface area contributed by atoms with E-state index in [1.165, 1.54) is 0 Å². The van der Waals surface area contributed by atoms with Crippen molar-refractivity contribution in [1.82, 2.24) is 20.2 Å². The Hall–Kier alpha value is -1.84. The third-order valence-corrected chi connectivity index (χ3v) is 2.08. The van der Waals surface area contributed by atoms with Crippen LogP contribution in [0.3, 0.4) is 0 Å². The second kappa shape index (κ2) is 5.14. The van der Waals surface area contributed by atoms with Gasteiger partial charge in [0, 0.05) is 25.0 Å². The minimum Gasteiger partial charge on any atom is -0.241 e. The first-order chi connectivity index (χ1) is 7.45. The van der Waals surface area contributed by atoms with Gasteiger partial charge in [-0.25, -0.2) is 9.97 Å². The average Bonchev–Trinajstić information content (AvgIpc) is 2.32. The molecule has 0 atom stereocenters. The van der Waals surface area contributed by atoms with Gasteiger partial charge in [0.25, 0.3) is 0 Å². The molecule has 2 aromatic rings. The molecule has 0 amide bonds. The number of hydrogen-bond donors (Lipinski definition) is 0. The smallest absolute Gasteiger partial charge is 0.128 e. The first kappa shape index (κ1) is 9.71. The van der Waals surface area contributed by atoms with E-state index in [9.17, 15) is 0 Å². The van der Waals surface area contributed by atoms with Gasteiger partial charge in [0.05, 0.1) is 5.69 Å². The Labute approximate surface area is 88.4 Å². The van der Waals surface area contributed by atoms with Gasteiger partial charge in [0.15, 0.2) is 0 Å². The highest BCUT2D eigenvalue weighted by molar-refractivity contribution is 4.99. The molecule has 0 aliphatic carbocycles. The molecule has 0 fully saturated rings. The number of nitrogens with zero attached hydrogens (tertiary/aromatic N) is 4. The standard InChI is InChI=1S/C11H12N4/c1(4-10-5-2-9-14-15-10)6-11-12-7-3-8-13-11/h2-3,5,7-9H,1,4,6H2. The first-order valence-electron chi connectivity index (χ1n) is 4.97. The maximum atomic E-state index is 4.16. The second-order valence-electron chi connectivity index (χ2n) is 3.23. The predicted octanol–water partition coefficient (Wildman–Crippen LogP) is 1.44. The molecule has 2 aromatic heterocycles. The van der Waals surface area contributed by atoms with Gasteiger partial charge in [-0.2, -0.15) is 10.2 Å². The van der Waals surface area contributed by atoms with Gasteiger partial charge in [-0.1, -0.05) is 0 Å². The van der Waals surface area contributed by atoms with E-state index in [0.717, 1.165) is 30.8 Å². The van der Waals surface area contributed by atoms with Crippen LogP contribution in [-0.4, -0.2) is 20.2 Å². The van der Waals surface area contributed by atoms with Crippen LogP contribution in [0.2, 0.25) is 0 Å². The van der Waals surface area contributed by atoms with E-state index in [4.69, 9.17) is 0 Å². The van der Waals surface area contributed by atoms with Gasteiger partial charge in [0.2, 0.25) is 0 Å². The van der Waals surface area contributed by atoms with Crippen LogP contribution in [0.25, 0.3) is 0 Å². The van der Waals surface area contributed by atoms with E-state index in [1.807, 2.05) is 18.2 Å². The molecular weight excluding hydrogens is 188 g/mol. The van der Waals surface area contributed by atoms with Crippen LogP contribution < -0.4 is 0 Å². The molecule has 0 saturated carbocycles. The lowest BCUT2D eigenvalue weighted by Crippen LogP contribution is -1.97. The van der Waals surface area contributed by atoms with Crippen molar-refractivity contribution < 1.29 is 0 Å². The van der Waals surface area contributed by atoms with E-state index in [1.54, 1.807) is 18.6 Å². The van der Waals surface area contributed by atoms with Crippen LogP contribution in [0.15, 0.2) is 36.8 Å². The van der Waals surface area contributed by atoms with Gasteiger partial charge in [-0.15, -0.1) is 0 Å². The minimum absolute atomic E-state index is 0.886. The summed E-state index contributed by atoms with van der Waals surface area (Å²) < 4.78 is 0. The Morgan fingerprint density at radius 1 is 0.933 bits per heavy atom. The molecule has 0 N–H and O–H groups in total. The van der Waals surface area contributed by atoms with Crippen molar-refractivity contribution in [3.05, 3.63) is 48.3 Å². The van der Waals surface area contributed by atoms with Crippen molar-refractivity contribution in [2.24, 2.45) is 0 Å². The third-order valence-electron chi connectivity index (χ3n) is 2.08. The quantitative estimate of drug-likeness (QED) is 0.749. The number of aryl methyl sites for hydroxylation is 2. The molecule has 0 aliphatic heterocycles. The molecule has 2 heterocycles. The first-order valence-corrected chi connectivity index (χ1v) is 4.97. The van der Waals surface area contributed by atoms with Crippen molar-refractivity contribution in [1.29, 1.82) is 0 Å². The topological polar surface area (TPSA) is 51.6 Å². The summed E-state index contributed by atoms with van der Waals surface area (Å²) in [4.78, 5) is 8.33. The molecule has 0 radical (unpaired) electrons. The largest absolute Gasteiger partial charge is 0.241 e. The fourth-order valence-electron chi connectivity index (χ4n) is 1.35. The summed E-state index contributed by atoms with van der Waals surface area (Å²) in [5.74, 6) is 0.890. The van der Waals surface area contributed by atoms with Crippen LogP contribution in [0.5, 0.6) is 0 Å². The number of aromatic nitrogens is 4. The normalized spacial score (nSPS) is 10.1. The average molecular weight is 200 g/mol. The van der Waals surface area contributed by atoms with Gasteiger partial charge in [-0.3, -0.25) is 0 Å². The Balaban J connectivity index is 1.81. The summed E-state index contributed by atoms with van der Waals surface area (Å²) in [7, 11) is 0. The van der Waals surface area contributed by atoms with Crippen molar-refractivity contribution in [2.75, 3.05) is 0 Å². The van der Waals surface area contributed by atoms with Crippen molar-refractivity contribution in [2.45, 2.75) is 19.3 Å². The van der Waals surface area contributed by atoms with Crippen LogP contribution in [0.4, 0.5) is 0 Å². The summed E-state index contributed by atoms with van der Waals surface area (Å²) in [5.41, 5.74) is 1.02. The number of hydrogen-bond acceptors (Lipinski definition) is 4. The molecule has 0 aliphatic rings. The molecule has 4 heteroatoms. The van der Waals surface area contributed by atoms with E-state index < -0.39 is 0 Å². The maximum Gasteiger partial charge on any atom is 0.128 e. The van der Waals surface area contributed by atoms with Crippen molar-refractivity contribution in [3.63, 3.8) is 0 Å². The van der Waals surface area contributed by atoms with Gasteiger partial charge in [0.1, 0.15) is 5.82 Å².